The molecule has 6 heteroatoms. The van der Waals surface area contributed by atoms with E-state index in [2.05, 4.69) is 4.98 Å². The zero-order valence-electron chi connectivity index (χ0n) is 10.1. The Morgan fingerprint density at radius 1 is 1.26 bits per heavy atom. The largest absolute Gasteiger partial charge is 0.480 e. The average Bonchev–Trinajstić information content (AvgIpc) is 2.36. The Morgan fingerprint density at radius 2 is 1.95 bits per heavy atom. The van der Waals surface area contributed by atoms with E-state index in [4.69, 9.17) is 10.8 Å². The zero-order chi connectivity index (χ0) is 14.2. The maximum Gasteiger partial charge on any atom is 0.336 e. The molecule has 98 valence electrons. The predicted octanol–water partition coefficient (Wildman–Crippen LogP) is 1.33. The third-order valence-corrected chi connectivity index (χ3v) is 2.82. The van der Waals surface area contributed by atoms with Crippen molar-refractivity contribution < 1.29 is 19.8 Å². The zero-order valence-corrected chi connectivity index (χ0v) is 10.1. The summed E-state index contributed by atoms with van der Waals surface area (Å²) < 4.78 is 0. The molecule has 1 aromatic carbocycles. The molecular formula is C13H12N2O4. The number of carboxylic acid groups (broad SMARTS) is 2. The molecule has 1 heterocycles. The van der Waals surface area contributed by atoms with E-state index in [0.29, 0.717) is 22.2 Å². The molecule has 0 amide bonds. The second kappa shape index (κ2) is 4.66. The van der Waals surface area contributed by atoms with Crippen LogP contribution in [0.2, 0.25) is 0 Å². The van der Waals surface area contributed by atoms with Crippen molar-refractivity contribution in [3.8, 4) is 0 Å². The minimum Gasteiger partial charge on any atom is -0.480 e. The fourth-order valence-corrected chi connectivity index (χ4v) is 1.89. The number of aromatic carboxylic acids is 1. The molecule has 1 atom stereocenters. The van der Waals surface area contributed by atoms with E-state index in [1.165, 1.54) is 12.1 Å². The summed E-state index contributed by atoms with van der Waals surface area (Å²) in [6.45, 7) is 1.70. The van der Waals surface area contributed by atoms with Crippen LogP contribution >= 0.6 is 0 Å². The molecule has 0 aliphatic rings. The lowest BCUT2D eigenvalue weighted by Crippen LogP contribution is -2.20. The van der Waals surface area contributed by atoms with Crippen LogP contribution in [0.5, 0.6) is 0 Å². The number of aryl methyl sites for hydroxylation is 1. The number of nitrogens with zero attached hydrogens (tertiary/aromatic N) is 1. The molecule has 0 saturated carbocycles. The van der Waals surface area contributed by atoms with Crippen molar-refractivity contribution in [2.24, 2.45) is 5.73 Å². The first-order valence-electron chi connectivity index (χ1n) is 5.53. The van der Waals surface area contributed by atoms with Crippen molar-refractivity contribution >= 4 is 22.8 Å². The fourth-order valence-electron chi connectivity index (χ4n) is 1.89. The van der Waals surface area contributed by atoms with Crippen LogP contribution in [0.4, 0.5) is 0 Å². The van der Waals surface area contributed by atoms with Crippen molar-refractivity contribution in [3.63, 3.8) is 0 Å². The number of fused-ring (bicyclic) bond motifs is 1. The van der Waals surface area contributed by atoms with Crippen LogP contribution < -0.4 is 5.73 Å². The summed E-state index contributed by atoms with van der Waals surface area (Å²) in [5.74, 6) is -2.26. The Labute approximate surface area is 108 Å². The van der Waals surface area contributed by atoms with Gasteiger partial charge in [0.15, 0.2) is 0 Å². The van der Waals surface area contributed by atoms with E-state index in [1.807, 2.05) is 0 Å². The summed E-state index contributed by atoms with van der Waals surface area (Å²) in [7, 11) is 0. The van der Waals surface area contributed by atoms with Gasteiger partial charge in [-0.2, -0.15) is 0 Å². The minimum atomic E-state index is -1.19. The molecule has 2 aromatic rings. The van der Waals surface area contributed by atoms with Crippen molar-refractivity contribution in [2.75, 3.05) is 0 Å². The summed E-state index contributed by atoms with van der Waals surface area (Å²) in [5, 5.41) is 18.4. The van der Waals surface area contributed by atoms with Crippen LogP contribution in [0.25, 0.3) is 10.9 Å². The lowest BCUT2D eigenvalue weighted by molar-refractivity contribution is -0.138. The fraction of sp³-hybridized carbons (Fsp3) is 0.154. The Balaban J connectivity index is 2.70. The number of hydrogen-bond acceptors (Lipinski definition) is 4. The molecule has 6 nitrogen and oxygen atoms in total. The number of carbonyl (C=O) groups is 2. The summed E-state index contributed by atoms with van der Waals surface area (Å²) >= 11 is 0. The van der Waals surface area contributed by atoms with Gasteiger partial charge in [-0.25, -0.2) is 4.79 Å². The van der Waals surface area contributed by atoms with Gasteiger partial charge in [-0.3, -0.25) is 9.78 Å². The van der Waals surface area contributed by atoms with Crippen LogP contribution in [0, 0.1) is 6.92 Å². The number of aliphatic carboxylic acids is 1. The highest BCUT2D eigenvalue weighted by atomic mass is 16.4. The van der Waals surface area contributed by atoms with E-state index in [-0.39, 0.29) is 5.56 Å². The van der Waals surface area contributed by atoms with E-state index in [0.717, 1.165) is 0 Å². The van der Waals surface area contributed by atoms with Crippen LogP contribution in [0.1, 0.15) is 27.7 Å². The van der Waals surface area contributed by atoms with Crippen LogP contribution in [-0.4, -0.2) is 27.1 Å². The van der Waals surface area contributed by atoms with Crippen molar-refractivity contribution in [3.05, 3.63) is 41.1 Å². The molecule has 0 spiro atoms. The van der Waals surface area contributed by atoms with Gasteiger partial charge in [0.25, 0.3) is 0 Å². The Kier molecular flexibility index (Phi) is 3.18. The maximum absolute atomic E-state index is 11.2. The van der Waals surface area contributed by atoms with Gasteiger partial charge in [0.2, 0.25) is 0 Å². The Hall–Kier alpha value is -2.47. The third kappa shape index (κ3) is 2.38. The van der Waals surface area contributed by atoms with Gasteiger partial charge in [-0.05, 0) is 30.7 Å². The SMILES string of the molecule is Cc1cc(C(=O)O)c2cc([C@H](N)C(=O)O)ccc2n1. The van der Waals surface area contributed by atoms with Gasteiger partial charge in [0, 0.05) is 11.1 Å². The lowest BCUT2D eigenvalue weighted by Gasteiger charge is -2.10. The highest BCUT2D eigenvalue weighted by Gasteiger charge is 2.17. The first kappa shape index (κ1) is 13.0. The number of pyridine rings is 1. The van der Waals surface area contributed by atoms with Gasteiger partial charge >= 0.3 is 11.9 Å². The number of hydrogen-bond donors (Lipinski definition) is 3. The Bertz CT molecular complexity index is 682. The molecule has 0 unspecified atom stereocenters. The van der Waals surface area contributed by atoms with Gasteiger partial charge in [0.05, 0.1) is 11.1 Å². The maximum atomic E-state index is 11.2. The third-order valence-electron chi connectivity index (χ3n) is 2.82. The second-order valence-corrected chi connectivity index (χ2v) is 4.21. The standard InChI is InChI=1S/C13H12N2O4/c1-6-4-9(12(16)17)8-5-7(11(14)13(18)19)2-3-10(8)15-6/h2-5,11H,14H2,1H3,(H,16,17)(H,18,19)/t11-/m0/s1. The summed E-state index contributed by atoms with van der Waals surface area (Å²) in [5.41, 5.74) is 7.03. The molecule has 1 aromatic heterocycles. The normalized spacial score (nSPS) is 12.3. The number of carboxylic acids is 2. The first-order chi connectivity index (χ1) is 8.90. The molecule has 2 rings (SSSR count). The number of nitrogens with two attached hydrogens (primary N) is 1. The monoisotopic (exact) mass is 260 g/mol. The molecule has 0 radical (unpaired) electrons. The van der Waals surface area contributed by atoms with Gasteiger partial charge in [-0.1, -0.05) is 6.07 Å². The topological polar surface area (TPSA) is 114 Å². The summed E-state index contributed by atoms with van der Waals surface area (Å²) in [6, 6.07) is 4.84. The number of benzene rings is 1. The van der Waals surface area contributed by atoms with Crippen molar-refractivity contribution in [1.29, 1.82) is 0 Å². The van der Waals surface area contributed by atoms with E-state index >= 15 is 0 Å². The molecular weight excluding hydrogens is 248 g/mol. The lowest BCUT2D eigenvalue weighted by atomic mass is 10.0. The van der Waals surface area contributed by atoms with Crippen LogP contribution in [0.15, 0.2) is 24.3 Å². The number of rotatable bonds is 3. The van der Waals surface area contributed by atoms with Crippen molar-refractivity contribution in [1.82, 2.24) is 4.98 Å². The number of aromatic nitrogens is 1. The average molecular weight is 260 g/mol. The summed E-state index contributed by atoms with van der Waals surface area (Å²) in [6.07, 6.45) is 0. The molecule has 0 aliphatic carbocycles. The minimum absolute atomic E-state index is 0.0851. The molecule has 0 aliphatic heterocycles. The van der Waals surface area contributed by atoms with E-state index in [1.54, 1.807) is 19.1 Å². The molecule has 0 bridgehead atoms. The highest BCUT2D eigenvalue weighted by Crippen LogP contribution is 2.22. The molecule has 0 saturated heterocycles. The quantitative estimate of drug-likeness (QED) is 0.767. The van der Waals surface area contributed by atoms with E-state index < -0.39 is 18.0 Å². The van der Waals surface area contributed by atoms with Gasteiger partial charge < -0.3 is 15.9 Å². The Morgan fingerprint density at radius 3 is 2.53 bits per heavy atom. The van der Waals surface area contributed by atoms with E-state index in [9.17, 15) is 14.7 Å². The van der Waals surface area contributed by atoms with Crippen LogP contribution in [0.3, 0.4) is 0 Å². The highest BCUT2D eigenvalue weighted by molar-refractivity contribution is 6.03. The van der Waals surface area contributed by atoms with Crippen molar-refractivity contribution in [2.45, 2.75) is 13.0 Å². The first-order valence-corrected chi connectivity index (χ1v) is 5.53. The van der Waals surface area contributed by atoms with Crippen LogP contribution in [-0.2, 0) is 4.79 Å². The molecule has 0 fully saturated rings. The second-order valence-electron chi connectivity index (χ2n) is 4.21. The smallest absolute Gasteiger partial charge is 0.336 e. The molecule has 4 N–H and O–H groups in total. The van der Waals surface area contributed by atoms with Gasteiger partial charge in [0.1, 0.15) is 6.04 Å². The van der Waals surface area contributed by atoms with Gasteiger partial charge in [-0.15, -0.1) is 0 Å². The summed E-state index contributed by atoms with van der Waals surface area (Å²) in [4.78, 5) is 26.3. The predicted molar refractivity (Wildman–Crippen MR) is 68.0 cm³/mol. The molecule has 19 heavy (non-hydrogen) atoms.